The Labute approximate surface area is 130 Å². The van der Waals surface area contributed by atoms with Crippen molar-refractivity contribution >= 4 is 0 Å². The Bertz CT molecular complexity index is 411. The Morgan fingerprint density at radius 1 is 1.10 bits per heavy atom. The van der Waals surface area contributed by atoms with E-state index in [0.29, 0.717) is 11.3 Å². The molecule has 0 aromatic carbocycles. The zero-order valence-corrected chi connectivity index (χ0v) is 14.2. The van der Waals surface area contributed by atoms with Crippen LogP contribution in [-0.4, -0.2) is 16.5 Å². The maximum Gasteiger partial charge on any atom is 0.131 e. The summed E-state index contributed by atoms with van der Waals surface area (Å²) in [5.41, 5.74) is 1.64. The van der Waals surface area contributed by atoms with Gasteiger partial charge in [-0.15, -0.1) is 0 Å². The zero-order chi connectivity index (χ0) is 15.3. The summed E-state index contributed by atoms with van der Waals surface area (Å²) in [6.45, 7) is 11.2. The summed E-state index contributed by atoms with van der Waals surface area (Å²) in [5.74, 6) is 2.48. The van der Waals surface area contributed by atoms with E-state index in [0.717, 1.165) is 31.3 Å². The van der Waals surface area contributed by atoms with Crippen molar-refractivity contribution < 1.29 is 0 Å². The molecule has 1 heterocycles. The first kappa shape index (κ1) is 16.4. The lowest BCUT2D eigenvalue weighted by molar-refractivity contribution is 0.167. The fraction of sp³-hybridized carbons (Fsp3) is 0.778. The molecule has 21 heavy (non-hydrogen) atoms. The third-order valence-corrected chi connectivity index (χ3v) is 4.80. The van der Waals surface area contributed by atoms with E-state index in [4.69, 9.17) is 0 Å². The van der Waals surface area contributed by atoms with Gasteiger partial charge in [-0.1, -0.05) is 27.7 Å². The highest BCUT2D eigenvalue weighted by molar-refractivity contribution is 5.08. The Morgan fingerprint density at radius 2 is 1.71 bits per heavy atom. The number of rotatable bonds is 5. The fourth-order valence-electron chi connectivity index (χ4n) is 3.29. The molecule has 0 saturated heterocycles. The van der Waals surface area contributed by atoms with Crippen LogP contribution in [0.15, 0.2) is 12.4 Å². The SMILES string of the molecule is CCCNCc1cnc(C2CCC(C(C)(C)C)CC2)nc1. The maximum atomic E-state index is 4.62. The van der Waals surface area contributed by atoms with Gasteiger partial charge in [-0.05, 0) is 50.0 Å². The first-order valence-corrected chi connectivity index (χ1v) is 8.52. The highest BCUT2D eigenvalue weighted by Crippen LogP contribution is 2.42. The van der Waals surface area contributed by atoms with Crippen molar-refractivity contribution in [2.75, 3.05) is 6.54 Å². The number of aromatic nitrogens is 2. The standard InChI is InChI=1S/C18H31N3/c1-5-10-19-11-14-12-20-17(21-13-14)15-6-8-16(9-7-15)18(2,3)4/h12-13,15-16,19H,5-11H2,1-4H3. The molecule has 1 saturated carbocycles. The maximum absolute atomic E-state index is 4.62. The smallest absolute Gasteiger partial charge is 0.131 e. The van der Waals surface area contributed by atoms with Crippen molar-refractivity contribution in [2.45, 2.75) is 72.3 Å². The van der Waals surface area contributed by atoms with Gasteiger partial charge in [0, 0.05) is 30.4 Å². The lowest BCUT2D eigenvalue weighted by Crippen LogP contribution is -2.25. The van der Waals surface area contributed by atoms with Crippen LogP contribution >= 0.6 is 0 Å². The van der Waals surface area contributed by atoms with E-state index < -0.39 is 0 Å². The minimum Gasteiger partial charge on any atom is -0.313 e. The van der Waals surface area contributed by atoms with Gasteiger partial charge in [0.05, 0.1) is 0 Å². The summed E-state index contributed by atoms with van der Waals surface area (Å²) >= 11 is 0. The zero-order valence-electron chi connectivity index (χ0n) is 14.2. The molecular weight excluding hydrogens is 258 g/mol. The molecule has 0 amide bonds. The van der Waals surface area contributed by atoms with Crippen LogP contribution in [0.2, 0.25) is 0 Å². The Morgan fingerprint density at radius 3 is 2.24 bits per heavy atom. The van der Waals surface area contributed by atoms with E-state index >= 15 is 0 Å². The summed E-state index contributed by atoms with van der Waals surface area (Å²) in [6.07, 6.45) is 10.3. The third-order valence-electron chi connectivity index (χ3n) is 4.80. The van der Waals surface area contributed by atoms with E-state index in [-0.39, 0.29) is 0 Å². The molecule has 1 aromatic rings. The van der Waals surface area contributed by atoms with Gasteiger partial charge in [0.25, 0.3) is 0 Å². The fourth-order valence-corrected chi connectivity index (χ4v) is 3.29. The van der Waals surface area contributed by atoms with Gasteiger partial charge in [0.1, 0.15) is 5.82 Å². The van der Waals surface area contributed by atoms with Gasteiger partial charge in [-0.25, -0.2) is 9.97 Å². The van der Waals surface area contributed by atoms with Gasteiger partial charge in [-0.3, -0.25) is 0 Å². The summed E-state index contributed by atoms with van der Waals surface area (Å²) in [6, 6.07) is 0. The van der Waals surface area contributed by atoms with Gasteiger partial charge in [0.15, 0.2) is 0 Å². The van der Waals surface area contributed by atoms with Crippen LogP contribution in [0.3, 0.4) is 0 Å². The molecule has 0 bridgehead atoms. The normalized spacial score (nSPS) is 23.2. The van der Waals surface area contributed by atoms with E-state index in [1.807, 2.05) is 12.4 Å². The van der Waals surface area contributed by atoms with Crippen LogP contribution in [0.5, 0.6) is 0 Å². The molecule has 1 fully saturated rings. The average Bonchev–Trinajstić information content (AvgIpc) is 2.48. The van der Waals surface area contributed by atoms with Gasteiger partial charge in [-0.2, -0.15) is 0 Å². The van der Waals surface area contributed by atoms with Crippen molar-refractivity contribution in [3.63, 3.8) is 0 Å². The lowest BCUT2D eigenvalue weighted by atomic mass is 9.70. The number of hydrogen-bond donors (Lipinski definition) is 1. The van der Waals surface area contributed by atoms with Gasteiger partial charge in [0.2, 0.25) is 0 Å². The number of hydrogen-bond acceptors (Lipinski definition) is 3. The monoisotopic (exact) mass is 289 g/mol. The molecule has 1 aliphatic rings. The average molecular weight is 289 g/mol. The Kier molecular flexibility index (Phi) is 5.74. The molecule has 0 radical (unpaired) electrons. The minimum atomic E-state index is 0.445. The molecule has 0 atom stereocenters. The molecule has 0 unspecified atom stereocenters. The van der Waals surface area contributed by atoms with Crippen LogP contribution in [0.1, 0.15) is 77.1 Å². The summed E-state index contributed by atoms with van der Waals surface area (Å²) in [7, 11) is 0. The number of nitrogens with one attached hydrogen (secondary N) is 1. The molecule has 1 aromatic heterocycles. The van der Waals surface area contributed by atoms with Gasteiger partial charge >= 0.3 is 0 Å². The molecular formula is C18H31N3. The first-order chi connectivity index (χ1) is 10.0. The van der Waals surface area contributed by atoms with Gasteiger partial charge < -0.3 is 5.32 Å². The minimum absolute atomic E-state index is 0.445. The largest absolute Gasteiger partial charge is 0.313 e. The molecule has 0 aliphatic heterocycles. The van der Waals surface area contributed by atoms with E-state index in [2.05, 4.69) is 43.0 Å². The summed E-state index contributed by atoms with van der Waals surface area (Å²) in [5, 5.41) is 3.39. The van der Waals surface area contributed by atoms with Crippen LogP contribution in [0.4, 0.5) is 0 Å². The topological polar surface area (TPSA) is 37.8 Å². The van der Waals surface area contributed by atoms with E-state index in [1.54, 1.807) is 0 Å². The molecule has 118 valence electrons. The van der Waals surface area contributed by atoms with E-state index in [9.17, 15) is 0 Å². The summed E-state index contributed by atoms with van der Waals surface area (Å²) < 4.78 is 0. The molecule has 2 rings (SSSR count). The van der Waals surface area contributed by atoms with Crippen LogP contribution in [0, 0.1) is 11.3 Å². The second kappa shape index (κ2) is 7.35. The molecule has 3 heteroatoms. The molecule has 1 aliphatic carbocycles. The third kappa shape index (κ3) is 4.77. The predicted molar refractivity (Wildman–Crippen MR) is 88.2 cm³/mol. The van der Waals surface area contributed by atoms with Crippen molar-refractivity contribution in [1.82, 2.24) is 15.3 Å². The predicted octanol–water partition coefficient (Wildman–Crippen LogP) is 4.30. The van der Waals surface area contributed by atoms with Crippen molar-refractivity contribution in [3.05, 3.63) is 23.8 Å². The Hall–Kier alpha value is -0.960. The van der Waals surface area contributed by atoms with Crippen molar-refractivity contribution in [3.8, 4) is 0 Å². The molecule has 1 N–H and O–H groups in total. The van der Waals surface area contributed by atoms with Crippen LogP contribution in [0.25, 0.3) is 0 Å². The first-order valence-electron chi connectivity index (χ1n) is 8.52. The highest BCUT2D eigenvalue weighted by Gasteiger charge is 2.31. The molecule has 3 nitrogen and oxygen atoms in total. The second-order valence-electron chi connectivity index (χ2n) is 7.54. The quantitative estimate of drug-likeness (QED) is 0.821. The molecule has 0 spiro atoms. The van der Waals surface area contributed by atoms with Crippen molar-refractivity contribution in [2.24, 2.45) is 11.3 Å². The van der Waals surface area contributed by atoms with Crippen molar-refractivity contribution in [1.29, 1.82) is 0 Å². The van der Waals surface area contributed by atoms with Crippen LogP contribution in [-0.2, 0) is 6.54 Å². The second-order valence-corrected chi connectivity index (χ2v) is 7.54. The lowest BCUT2D eigenvalue weighted by Gasteiger charge is -2.36. The number of nitrogens with zero attached hydrogens (tertiary/aromatic N) is 2. The summed E-state index contributed by atoms with van der Waals surface area (Å²) in [4.78, 5) is 9.23. The van der Waals surface area contributed by atoms with Crippen LogP contribution < -0.4 is 5.32 Å². The van der Waals surface area contributed by atoms with E-state index in [1.165, 1.54) is 31.2 Å². The Balaban J connectivity index is 1.86. The highest BCUT2D eigenvalue weighted by atomic mass is 14.9.